The number of nitrogens with one attached hydrogen (secondary N) is 1. The maximum absolute atomic E-state index is 12.8. The lowest BCUT2D eigenvalue weighted by Gasteiger charge is -2.20. The van der Waals surface area contributed by atoms with E-state index in [4.69, 9.17) is 19.2 Å². The molecule has 0 fully saturated rings. The molecule has 0 saturated carbocycles. The van der Waals surface area contributed by atoms with Gasteiger partial charge in [-0.15, -0.1) is 0 Å². The van der Waals surface area contributed by atoms with Crippen LogP contribution in [-0.4, -0.2) is 35.8 Å². The Morgan fingerprint density at radius 3 is 2.72 bits per heavy atom. The molecule has 0 bridgehead atoms. The number of pyridine rings is 2. The quantitative estimate of drug-likeness (QED) is 0.357. The lowest BCUT2D eigenvalue weighted by atomic mass is 10.0. The number of aromatic nitrogens is 2. The van der Waals surface area contributed by atoms with Crippen LogP contribution in [0.3, 0.4) is 0 Å². The van der Waals surface area contributed by atoms with Crippen molar-refractivity contribution in [1.82, 2.24) is 9.97 Å². The summed E-state index contributed by atoms with van der Waals surface area (Å²) in [5, 5.41) is 5.13. The molecule has 1 aliphatic heterocycles. The predicted octanol–water partition coefficient (Wildman–Crippen LogP) is 5.09. The second-order valence-corrected chi connectivity index (χ2v) is 7.69. The van der Waals surface area contributed by atoms with Crippen LogP contribution in [0.25, 0.3) is 21.8 Å². The molecule has 0 unspecified atom stereocenters. The molecule has 1 aliphatic rings. The Bertz CT molecular complexity index is 1370. The Morgan fingerprint density at radius 2 is 1.91 bits per heavy atom. The summed E-state index contributed by atoms with van der Waals surface area (Å²) in [4.78, 5) is 22.2. The van der Waals surface area contributed by atoms with Crippen LogP contribution in [0.5, 0.6) is 11.5 Å². The van der Waals surface area contributed by atoms with Crippen molar-refractivity contribution in [2.24, 2.45) is 0 Å². The molecule has 4 aromatic rings. The van der Waals surface area contributed by atoms with Crippen LogP contribution in [-0.2, 0) is 4.74 Å². The van der Waals surface area contributed by atoms with E-state index in [0.717, 1.165) is 38.8 Å². The van der Waals surface area contributed by atoms with E-state index in [-0.39, 0.29) is 6.61 Å². The number of carbonyl (C=O) groups excluding carboxylic acids is 1. The SMILES string of the molecule is CCOC(=O)c1cnc2c(c(C)nc3ccc(C)cc32)c1Nc1ccc2c(c1)OCCO2. The Kier molecular flexibility index (Phi) is 5.01. The largest absolute Gasteiger partial charge is 0.486 e. The van der Waals surface area contributed by atoms with Gasteiger partial charge in [0.2, 0.25) is 0 Å². The minimum absolute atomic E-state index is 0.272. The highest BCUT2D eigenvalue weighted by molar-refractivity contribution is 6.13. The molecule has 1 N–H and O–H groups in total. The van der Waals surface area contributed by atoms with E-state index in [0.29, 0.717) is 36.0 Å². The topological polar surface area (TPSA) is 82.6 Å². The van der Waals surface area contributed by atoms with Crippen LogP contribution in [0, 0.1) is 13.8 Å². The van der Waals surface area contributed by atoms with Crippen molar-refractivity contribution in [2.75, 3.05) is 25.1 Å². The number of aryl methyl sites for hydroxylation is 2. The molecule has 32 heavy (non-hydrogen) atoms. The van der Waals surface area contributed by atoms with E-state index < -0.39 is 5.97 Å². The van der Waals surface area contributed by atoms with Gasteiger partial charge in [-0.2, -0.15) is 0 Å². The number of rotatable bonds is 4. The number of hydrogen-bond donors (Lipinski definition) is 1. The van der Waals surface area contributed by atoms with Gasteiger partial charge >= 0.3 is 5.97 Å². The van der Waals surface area contributed by atoms with Crippen molar-refractivity contribution in [3.63, 3.8) is 0 Å². The van der Waals surface area contributed by atoms with Crippen LogP contribution < -0.4 is 14.8 Å². The van der Waals surface area contributed by atoms with Gasteiger partial charge in [-0.1, -0.05) is 11.6 Å². The molecular weight excluding hydrogens is 406 g/mol. The van der Waals surface area contributed by atoms with Crippen LogP contribution in [0.1, 0.15) is 28.5 Å². The molecular formula is C25H23N3O4. The Morgan fingerprint density at radius 1 is 1.09 bits per heavy atom. The molecule has 0 radical (unpaired) electrons. The zero-order valence-corrected chi connectivity index (χ0v) is 18.2. The highest BCUT2D eigenvalue weighted by Gasteiger charge is 2.21. The first-order chi connectivity index (χ1) is 15.5. The van der Waals surface area contributed by atoms with Gasteiger partial charge in [0.1, 0.15) is 18.8 Å². The van der Waals surface area contributed by atoms with Crippen molar-refractivity contribution in [3.8, 4) is 11.5 Å². The second-order valence-electron chi connectivity index (χ2n) is 7.69. The molecule has 7 heteroatoms. The minimum Gasteiger partial charge on any atom is -0.486 e. The molecule has 0 aliphatic carbocycles. The maximum Gasteiger partial charge on any atom is 0.341 e. The zero-order chi connectivity index (χ0) is 22.2. The number of nitrogens with zero attached hydrogens (tertiary/aromatic N) is 2. The predicted molar refractivity (Wildman–Crippen MR) is 123 cm³/mol. The van der Waals surface area contributed by atoms with Crippen LogP contribution in [0.2, 0.25) is 0 Å². The fraction of sp³-hybridized carbons (Fsp3) is 0.240. The van der Waals surface area contributed by atoms with Crippen molar-refractivity contribution in [2.45, 2.75) is 20.8 Å². The van der Waals surface area contributed by atoms with Gasteiger partial charge in [-0.3, -0.25) is 9.97 Å². The molecule has 0 atom stereocenters. The monoisotopic (exact) mass is 429 g/mol. The van der Waals surface area contributed by atoms with E-state index in [1.807, 2.05) is 44.2 Å². The first-order valence-corrected chi connectivity index (χ1v) is 10.6. The average molecular weight is 429 g/mol. The summed E-state index contributed by atoms with van der Waals surface area (Å²) in [7, 11) is 0. The summed E-state index contributed by atoms with van der Waals surface area (Å²) < 4.78 is 16.7. The first-order valence-electron chi connectivity index (χ1n) is 10.6. The summed E-state index contributed by atoms with van der Waals surface area (Å²) in [5.41, 5.74) is 5.25. The van der Waals surface area contributed by atoms with E-state index >= 15 is 0 Å². The van der Waals surface area contributed by atoms with Crippen molar-refractivity contribution in [3.05, 3.63) is 59.4 Å². The van der Waals surface area contributed by atoms with Gasteiger partial charge in [-0.05, 0) is 45.0 Å². The van der Waals surface area contributed by atoms with E-state index in [9.17, 15) is 4.79 Å². The Hall–Kier alpha value is -3.87. The highest BCUT2D eigenvalue weighted by Crippen LogP contribution is 2.38. The van der Waals surface area contributed by atoms with Crippen LogP contribution in [0.4, 0.5) is 11.4 Å². The van der Waals surface area contributed by atoms with Gasteiger partial charge in [0.15, 0.2) is 11.5 Å². The van der Waals surface area contributed by atoms with E-state index in [1.165, 1.54) is 0 Å². The van der Waals surface area contributed by atoms with Gasteiger partial charge in [0, 0.05) is 34.4 Å². The second kappa shape index (κ2) is 8.00. The number of fused-ring (bicyclic) bond motifs is 4. The normalized spacial score (nSPS) is 12.7. The summed E-state index contributed by atoms with van der Waals surface area (Å²) in [6.07, 6.45) is 1.57. The number of carbonyl (C=O) groups is 1. The number of hydrogen-bond acceptors (Lipinski definition) is 7. The van der Waals surface area contributed by atoms with Gasteiger partial charge in [-0.25, -0.2) is 4.79 Å². The van der Waals surface area contributed by atoms with E-state index in [2.05, 4.69) is 16.4 Å². The Labute approximate surface area is 185 Å². The summed E-state index contributed by atoms with van der Waals surface area (Å²) in [6.45, 7) is 7.04. The van der Waals surface area contributed by atoms with Crippen molar-refractivity contribution in [1.29, 1.82) is 0 Å². The third-order valence-electron chi connectivity index (χ3n) is 5.44. The Balaban J connectivity index is 1.74. The minimum atomic E-state index is -0.439. The molecule has 0 spiro atoms. The molecule has 3 heterocycles. The standard InChI is InChI=1S/C25H23N3O4/c1-4-30-25(29)18-13-26-23-17-11-14(2)5-7-19(17)27-15(3)22(23)24(18)28-16-6-8-20-21(12-16)32-10-9-31-20/h5-8,11-13H,4,9-10H2,1-3H3,(H,26,28). The molecule has 7 nitrogen and oxygen atoms in total. The number of ether oxygens (including phenoxy) is 3. The summed E-state index contributed by atoms with van der Waals surface area (Å²) in [5.74, 6) is 0.921. The third kappa shape index (κ3) is 3.45. The maximum atomic E-state index is 12.8. The molecule has 0 saturated heterocycles. The van der Waals surface area contributed by atoms with Crippen LogP contribution in [0.15, 0.2) is 42.6 Å². The van der Waals surface area contributed by atoms with Crippen molar-refractivity contribution >= 4 is 39.1 Å². The molecule has 2 aromatic carbocycles. The summed E-state index contributed by atoms with van der Waals surface area (Å²) in [6, 6.07) is 11.7. The highest BCUT2D eigenvalue weighted by atomic mass is 16.6. The number of anilines is 2. The van der Waals surface area contributed by atoms with Gasteiger partial charge < -0.3 is 19.5 Å². The third-order valence-corrected chi connectivity index (χ3v) is 5.44. The molecule has 5 rings (SSSR count). The van der Waals surface area contributed by atoms with Gasteiger partial charge in [0.25, 0.3) is 0 Å². The van der Waals surface area contributed by atoms with Crippen LogP contribution >= 0.6 is 0 Å². The van der Waals surface area contributed by atoms with E-state index in [1.54, 1.807) is 13.1 Å². The average Bonchev–Trinajstić information content (AvgIpc) is 2.79. The summed E-state index contributed by atoms with van der Waals surface area (Å²) >= 11 is 0. The smallest absolute Gasteiger partial charge is 0.341 e. The fourth-order valence-electron chi connectivity index (χ4n) is 4.00. The number of esters is 1. The lowest BCUT2D eigenvalue weighted by Crippen LogP contribution is -2.15. The molecule has 0 amide bonds. The lowest BCUT2D eigenvalue weighted by molar-refractivity contribution is 0.0527. The first kappa shape index (κ1) is 20.1. The number of benzene rings is 2. The zero-order valence-electron chi connectivity index (χ0n) is 18.2. The van der Waals surface area contributed by atoms with Crippen molar-refractivity contribution < 1.29 is 19.0 Å². The van der Waals surface area contributed by atoms with Gasteiger partial charge in [0.05, 0.1) is 23.3 Å². The molecule has 2 aromatic heterocycles. The molecule has 162 valence electrons. The fourth-order valence-corrected chi connectivity index (χ4v) is 4.00.